The van der Waals surface area contributed by atoms with Crippen LogP contribution in [-0.2, 0) is 37.6 Å². The molecule has 0 spiro atoms. The summed E-state index contributed by atoms with van der Waals surface area (Å²) in [6, 6.07) is 7.84. The molecular weight excluding hydrogens is 518 g/mol. The predicted octanol–water partition coefficient (Wildman–Crippen LogP) is 4.18. The first-order valence-electron chi connectivity index (χ1n) is 14.3. The zero-order valence-electron chi connectivity index (χ0n) is 24.0. The Morgan fingerprint density at radius 1 is 1.15 bits per heavy atom. The van der Waals surface area contributed by atoms with E-state index in [9.17, 15) is 9.59 Å². The van der Waals surface area contributed by atoms with Crippen LogP contribution in [0.4, 0.5) is 17.3 Å². The summed E-state index contributed by atoms with van der Waals surface area (Å²) in [6.45, 7) is 9.34. The van der Waals surface area contributed by atoms with Crippen molar-refractivity contribution >= 4 is 23.2 Å². The van der Waals surface area contributed by atoms with Crippen molar-refractivity contribution in [1.29, 1.82) is 0 Å². The molecule has 3 aliphatic rings. The van der Waals surface area contributed by atoms with Gasteiger partial charge in [0.25, 0.3) is 11.5 Å². The average molecular weight is 554 g/mol. The molecule has 7 rings (SSSR count). The molecule has 0 bridgehead atoms. The van der Waals surface area contributed by atoms with Gasteiger partial charge >= 0.3 is 0 Å². The summed E-state index contributed by atoms with van der Waals surface area (Å²) in [5.41, 5.74) is 7.67. The number of aromatic amines is 1. The van der Waals surface area contributed by atoms with E-state index in [4.69, 9.17) is 9.72 Å². The molecule has 0 atom stereocenters. The summed E-state index contributed by atoms with van der Waals surface area (Å²) in [4.78, 5) is 33.4. The quantitative estimate of drug-likeness (QED) is 0.371. The van der Waals surface area contributed by atoms with Gasteiger partial charge in [-0.15, -0.1) is 0 Å². The third-order valence-electron chi connectivity index (χ3n) is 8.70. The molecule has 4 aromatic heterocycles. The monoisotopic (exact) mass is 553 g/mol. The van der Waals surface area contributed by atoms with Crippen LogP contribution in [0, 0.1) is 5.41 Å². The molecule has 0 aromatic carbocycles. The molecule has 1 aliphatic carbocycles. The fourth-order valence-electron chi connectivity index (χ4n) is 6.56. The van der Waals surface area contributed by atoms with Gasteiger partial charge in [-0.2, -0.15) is 5.10 Å². The van der Waals surface area contributed by atoms with Crippen LogP contribution in [0.1, 0.15) is 59.7 Å². The fraction of sp³-hybridized carbons (Fsp3) is 0.419. The van der Waals surface area contributed by atoms with Gasteiger partial charge in [-0.1, -0.05) is 20.8 Å². The Morgan fingerprint density at radius 2 is 1.98 bits per heavy atom. The van der Waals surface area contributed by atoms with Gasteiger partial charge in [-0.3, -0.25) is 19.6 Å². The molecule has 2 N–H and O–H groups in total. The Balaban J connectivity index is 1.22. The van der Waals surface area contributed by atoms with Crippen molar-refractivity contribution in [3.05, 3.63) is 75.2 Å². The Hall–Kier alpha value is -4.18. The van der Waals surface area contributed by atoms with E-state index in [0.29, 0.717) is 49.4 Å². The van der Waals surface area contributed by atoms with Crippen LogP contribution in [-0.4, -0.2) is 50.0 Å². The molecule has 212 valence electrons. The number of anilines is 3. The van der Waals surface area contributed by atoms with E-state index in [1.165, 1.54) is 11.3 Å². The van der Waals surface area contributed by atoms with Crippen LogP contribution >= 0.6 is 0 Å². The molecule has 2 aliphatic heterocycles. The summed E-state index contributed by atoms with van der Waals surface area (Å²) < 4.78 is 9.08. The second-order valence-corrected chi connectivity index (χ2v) is 12.3. The lowest BCUT2D eigenvalue weighted by atomic mass is 9.90. The number of aryl methyl sites for hydroxylation is 1. The number of rotatable bonds is 6. The fourth-order valence-corrected chi connectivity index (χ4v) is 6.56. The molecule has 10 heteroatoms. The summed E-state index contributed by atoms with van der Waals surface area (Å²) in [6.07, 6.45) is 6.28. The summed E-state index contributed by atoms with van der Waals surface area (Å²) >= 11 is 0. The highest BCUT2D eigenvalue weighted by atomic mass is 16.5. The number of amides is 1. The molecule has 6 heterocycles. The number of hydrogen-bond acceptors (Lipinski definition) is 6. The van der Waals surface area contributed by atoms with Gasteiger partial charge in [-0.05, 0) is 54.0 Å². The number of ether oxygens (including phenoxy) is 1. The maximum atomic E-state index is 13.8. The van der Waals surface area contributed by atoms with Crippen LogP contribution in [0.25, 0.3) is 11.1 Å². The highest BCUT2D eigenvalue weighted by Crippen LogP contribution is 2.40. The lowest BCUT2D eigenvalue weighted by Crippen LogP contribution is -2.41. The van der Waals surface area contributed by atoms with E-state index < -0.39 is 0 Å². The van der Waals surface area contributed by atoms with Crippen molar-refractivity contribution < 1.29 is 9.53 Å². The van der Waals surface area contributed by atoms with Crippen molar-refractivity contribution in [2.75, 3.05) is 30.0 Å². The van der Waals surface area contributed by atoms with E-state index in [-0.39, 0.29) is 16.9 Å². The van der Waals surface area contributed by atoms with Gasteiger partial charge in [0.2, 0.25) is 0 Å². The first-order chi connectivity index (χ1) is 19.7. The number of carbonyl (C=O) groups excluding carboxylic acids is 1. The van der Waals surface area contributed by atoms with Crippen LogP contribution in [0.15, 0.2) is 41.5 Å². The number of carbonyl (C=O) groups is 1. The van der Waals surface area contributed by atoms with Crippen molar-refractivity contribution in [3.8, 4) is 11.1 Å². The number of nitrogens with one attached hydrogen (secondary N) is 2. The number of aromatic nitrogens is 5. The molecule has 1 fully saturated rings. The van der Waals surface area contributed by atoms with Crippen molar-refractivity contribution in [2.45, 2.75) is 52.5 Å². The molecule has 0 unspecified atom stereocenters. The number of H-pyrrole nitrogens is 1. The van der Waals surface area contributed by atoms with Gasteiger partial charge in [0.1, 0.15) is 17.2 Å². The second-order valence-electron chi connectivity index (χ2n) is 12.3. The van der Waals surface area contributed by atoms with Gasteiger partial charge < -0.3 is 19.2 Å². The first kappa shape index (κ1) is 25.8. The number of pyridine rings is 2. The predicted molar refractivity (Wildman–Crippen MR) is 157 cm³/mol. The lowest BCUT2D eigenvalue weighted by molar-refractivity contribution is 0.00670. The molecule has 0 saturated carbocycles. The molecule has 1 saturated heterocycles. The van der Waals surface area contributed by atoms with Gasteiger partial charge in [0.15, 0.2) is 5.82 Å². The standard InChI is InChI=1S/C31H35N7O3/c1-5-21-22(19-10-24(29(39)36(4)15-19)33-27-12-23(34-35-27)20-16-41-17-20)6-7-32-28(21)38-9-8-37-25(30(38)40)11-18-13-31(2,3)14-26(18)37/h6-7,10-12,15,20H,5,8-9,13-14,16-17H2,1-4H3,(H2,33,34,35). The molecule has 10 nitrogen and oxygen atoms in total. The Morgan fingerprint density at radius 3 is 2.73 bits per heavy atom. The number of fused-ring (bicyclic) bond motifs is 3. The van der Waals surface area contributed by atoms with E-state index in [0.717, 1.165) is 47.5 Å². The topological polar surface area (TPSA) is 110 Å². The third kappa shape index (κ3) is 4.28. The minimum Gasteiger partial charge on any atom is -0.380 e. The maximum Gasteiger partial charge on any atom is 0.276 e. The SMILES string of the molecule is CCc1c(-c2cc(Nc3cc(C4COC4)[nH]n3)c(=O)n(C)c2)ccnc1N1CCn2c(cc3c2CC(C)(C)C3)C1=O. The summed E-state index contributed by atoms with van der Waals surface area (Å²) in [5, 5.41) is 10.6. The third-order valence-corrected chi connectivity index (χ3v) is 8.70. The Kier molecular flexibility index (Phi) is 5.93. The normalized spacial score (nSPS) is 17.9. The molecule has 1 amide bonds. The highest BCUT2D eigenvalue weighted by molar-refractivity contribution is 6.06. The summed E-state index contributed by atoms with van der Waals surface area (Å²) in [5.74, 6) is 1.58. The van der Waals surface area contributed by atoms with Crippen molar-refractivity contribution in [3.63, 3.8) is 0 Å². The maximum absolute atomic E-state index is 13.8. The minimum absolute atomic E-state index is 0.00294. The van der Waals surface area contributed by atoms with Gasteiger partial charge in [-0.25, -0.2) is 4.98 Å². The average Bonchev–Trinajstić information content (AvgIpc) is 3.58. The largest absolute Gasteiger partial charge is 0.380 e. The van der Waals surface area contributed by atoms with E-state index in [2.05, 4.69) is 46.9 Å². The van der Waals surface area contributed by atoms with Crippen molar-refractivity contribution in [2.24, 2.45) is 12.5 Å². The van der Waals surface area contributed by atoms with Crippen LogP contribution < -0.4 is 15.8 Å². The van der Waals surface area contributed by atoms with Gasteiger partial charge in [0.05, 0.1) is 13.2 Å². The molecular formula is C31H35N7O3. The molecule has 0 radical (unpaired) electrons. The van der Waals surface area contributed by atoms with E-state index in [1.807, 2.05) is 29.3 Å². The second kappa shape index (κ2) is 9.44. The number of nitrogens with zero attached hydrogens (tertiary/aromatic N) is 5. The van der Waals surface area contributed by atoms with Crippen LogP contribution in [0.2, 0.25) is 0 Å². The zero-order valence-corrected chi connectivity index (χ0v) is 24.0. The molecule has 41 heavy (non-hydrogen) atoms. The van der Waals surface area contributed by atoms with Crippen molar-refractivity contribution in [1.82, 2.24) is 24.3 Å². The van der Waals surface area contributed by atoms with Gasteiger partial charge in [0, 0.05) is 67.0 Å². The molecule has 4 aromatic rings. The number of hydrogen-bond donors (Lipinski definition) is 2. The summed E-state index contributed by atoms with van der Waals surface area (Å²) in [7, 11) is 1.75. The van der Waals surface area contributed by atoms with Crippen LogP contribution in [0.5, 0.6) is 0 Å². The Labute approximate surface area is 238 Å². The van der Waals surface area contributed by atoms with Crippen LogP contribution in [0.3, 0.4) is 0 Å². The van der Waals surface area contributed by atoms with E-state index >= 15 is 0 Å². The van der Waals surface area contributed by atoms with E-state index in [1.54, 1.807) is 17.8 Å². The smallest absolute Gasteiger partial charge is 0.276 e. The Bertz CT molecular complexity index is 1740. The zero-order chi connectivity index (χ0) is 28.5. The lowest BCUT2D eigenvalue weighted by Gasteiger charge is -2.31. The first-order valence-corrected chi connectivity index (χ1v) is 14.3. The highest BCUT2D eigenvalue weighted by Gasteiger charge is 2.37. The minimum atomic E-state index is -0.152.